The highest BCUT2D eigenvalue weighted by molar-refractivity contribution is 6.58. The molecule has 1 aliphatic carbocycles. The van der Waals surface area contributed by atoms with Gasteiger partial charge in [0.15, 0.2) is 0 Å². The van der Waals surface area contributed by atoms with Crippen molar-refractivity contribution >= 4 is 29.4 Å². The van der Waals surface area contributed by atoms with Gasteiger partial charge in [-0.2, -0.15) is 13.8 Å². The standard InChI is InChI=1S/C14H16B3F2N3O2/c15-14(16,17)13-21-11(22-24-13)7-1-3-8-6(5-7)2-4-9(8)20-12(23)10(18)19/h1,3,5,9-10H,2,4,15-17H2,(H,20,23)/t9-/m1/s1. The van der Waals surface area contributed by atoms with Gasteiger partial charge >= 0.3 is 6.43 Å². The summed E-state index contributed by atoms with van der Waals surface area (Å²) in [5.74, 6) is -0.173. The Morgan fingerprint density at radius 3 is 2.75 bits per heavy atom. The lowest BCUT2D eigenvalue weighted by Crippen LogP contribution is -2.32. The van der Waals surface area contributed by atoms with E-state index in [0.717, 1.165) is 16.7 Å². The molecule has 0 bridgehead atoms. The van der Waals surface area contributed by atoms with E-state index >= 15 is 0 Å². The highest BCUT2D eigenvalue weighted by Gasteiger charge is 2.28. The predicted octanol–water partition coefficient (Wildman–Crippen LogP) is -0.885. The van der Waals surface area contributed by atoms with Gasteiger partial charge < -0.3 is 9.84 Å². The molecule has 0 saturated carbocycles. The largest absolute Gasteiger partial charge is 0.344 e. The van der Waals surface area contributed by atoms with Gasteiger partial charge in [-0.25, -0.2) is 0 Å². The minimum Gasteiger partial charge on any atom is -0.344 e. The molecule has 5 nitrogen and oxygen atoms in total. The Balaban J connectivity index is 1.83. The van der Waals surface area contributed by atoms with Crippen LogP contribution in [0.5, 0.6) is 0 Å². The summed E-state index contributed by atoms with van der Waals surface area (Å²) in [7, 11) is 5.97. The second-order valence-electron chi connectivity index (χ2n) is 6.99. The molecule has 0 unspecified atom stereocenters. The number of nitrogens with one attached hydrogen (secondary N) is 1. The maximum absolute atomic E-state index is 12.4. The van der Waals surface area contributed by atoms with Crippen molar-refractivity contribution in [1.82, 2.24) is 15.5 Å². The Labute approximate surface area is 140 Å². The van der Waals surface area contributed by atoms with Gasteiger partial charge in [-0.15, -0.1) is 0 Å². The van der Waals surface area contributed by atoms with E-state index in [9.17, 15) is 13.6 Å². The first-order valence-corrected chi connectivity index (χ1v) is 7.81. The van der Waals surface area contributed by atoms with Gasteiger partial charge in [-0.1, -0.05) is 17.3 Å². The first kappa shape index (κ1) is 16.7. The second-order valence-corrected chi connectivity index (χ2v) is 6.99. The van der Waals surface area contributed by atoms with Crippen LogP contribution < -0.4 is 5.32 Å². The molecular formula is C14H16B3F2N3O2. The van der Waals surface area contributed by atoms with Gasteiger partial charge in [0.25, 0.3) is 5.91 Å². The number of alkyl halides is 2. The van der Waals surface area contributed by atoms with Crippen molar-refractivity contribution in [1.29, 1.82) is 0 Å². The Bertz CT molecular complexity index is 777. The summed E-state index contributed by atoms with van der Waals surface area (Å²) < 4.78 is 30.1. The molecule has 0 spiro atoms. The van der Waals surface area contributed by atoms with Crippen LogP contribution in [0.2, 0.25) is 0 Å². The second kappa shape index (κ2) is 6.07. The van der Waals surface area contributed by atoms with Crippen LogP contribution in [-0.4, -0.2) is 46.0 Å². The summed E-state index contributed by atoms with van der Waals surface area (Å²) in [4.78, 5) is 15.6. The van der Waals surface area contributed by atoms with Gasteiger partial charge in [0.05, 0.1) is 6.04 Å². The number of aromatic nitrogens is 2. The van der Waals surface area contributed by atoms with E-state index in [1.807, 2.05) is 41.7 Å². The van der Waals surface area contributed by atoms with Crippen molar-refractivity contribution in [3.8, 4) is 11.4 Å². The number of fused-ring (bicyclic) bond motifs is 1. The van der Waals surface area contributed by atoms with E-state index in [0.29, 0.717) is 24.6 Å². The highest BCUT2D eigenvalue weighted by Crippen LogP contribution is 2.34. The fraction of sp³-hybridized carbons (Fsp3) is 0.357. The minimum atomic E-state index is -3.00. The van der Waals surface area contributed by atoms with Gasteiger partial charge in [-0.05, 0) is 35.1 Å². The Hall–Kier alpha value is -2.12. The van der Waals surface area contributed by atoms with Crippen molar-refractivity contribution in [2.24, 2.45) is 0 Å². The molecule has 0 saturated heterocycles. The molecule has 0 aliphatic heterocycles. The van der Waals surface area contributed by atoms with Crippen LogP contribution in [0.4, 0.5) is 8.78 Å². The zero-order valence-electron chi connectivity index (χ0n) is 13.8. The van der Waals surface area contributed by atoms with Gasteiger partial charge in [-0.3, -0.25) is 4.79 Å². The summed E-state index contributed by atoms with van der Waals surface area (Å²) in [5, 5.41) is 6.16. The number of hydrogen-bond donors (Lipinski definition) is 1. The van der Waals surface area contributed by atoms with Gasteiger partial charge in [0.2, 0.25) is 11.7 Å². The fourth-order valence-electron chi connectivity index (χ4n) is 2.79. The lowest BCUT2D eigenvalue weighted by atomic mass is 9.42. The van der Waals surface area contributed by atoms with E-state index in [2.05, 4.69) is 15.5 Å². The van der Waals surface area contributed by atoms with E-state index in [1.165, 1.54) is 0 Å². The number of benzene rings is 1. The van der Waals surface area contributed by atoms with Crippen molar-refractivity contribution < 1.29 is 18.1 Å². The van der Waals surface area contributed by atoms with E-state index < -0.39 is 12.3 Å². The molecule has 1 aromatic heterocycles. The average molecular weight is 329 g/mol. The molecule has 1 aromatic carbocycles. The Morgan fingerprint density at radius 1 is 1.38 bits per heavy atom. The zero-order valence-corrected chi connectivity index (χ0v) is 13.8. The number of carbonyl (C=O) groups excluding carboxylic acids is 1. The maximum Gasteiger partial charge on any atom is 0.315 e. The zero-order chi connectivity index (χ0) is 17.5. The summed E-state index contributed by atoms with van der Waals surface area (Å²) in [6, 6.07) is 5.22. The number of carbonyl (C=O) groups is 1. The fourth-order valence-corrected chi connectivity index (χ4v) is 2.79. The van der Waals surface area contributed by atoms with Crippen LogP contribution >= 0.6 is 0 Å². The lowest BCUT2D eigenvalue weighted by Gasteiger charge is -2.13. The van der Waals surface area contributed by atoms with Gasteiger partial charge in [0.1, 0.15) is 23.5 Å². The molecule has 122 valence electrons. The molecule has 3 rings (SSSR count). The van der Waals surface area contributed by atoms with Crippen LogP contribution in [-0.2, 0) is 16.3 Å². The first-order valence-electron chi connectivity index (χ1n) is 7.81. The number of halogens is 2. The van der Waals surface area contributed by atoms with Crippen molar-refractivity contribution in [2.75, 3.05) is 0 Å². The molecule has 10 heteroatoms. The molecule has 2 aromatic rings. The van der Waals surface area contributed by atoms with Gasteiger partial charge in [0, 0.05) is 5.56 Å². The van der Waals surface area contributed by atoms with Crippen LogP contribution in [0.1, 0.15) is 29.5 Å². The molecule has 0 fully saturated rings. The van der Waals surface area contributed by atoms with Crippen LogP contribution in [0.25, 0.3) is 11.4 Å². The monoisotopic (exact) mass is 329 g/mol. The van der Waals surface area contributed by atoms with Crippen LogP contribution in [0.3, 0.4) is 0 Å². The molecular weight excluding hydrogens is 313 g/mol. The first-order chi connectivity index (χ1) is 11.3. The third-order valence-electron chi connectivity index (χ3n) is 4.06. The lowest BCUT2D eigenvalue weighted by molar-refractivity contribution is -0.132. The summed E-state index contributed by atoms with van der Waals surface area (Å²) in [6.07, 6.45) is -1.68. The van der Waals surface area contributed by atoms with Crippen molar-refractivity contribution in [3.63, 3.8) is 0 Å². The molecule has 24 heavy (non-hydrogen) atoms. The molecule has 1 atom stereocenters. The number of hydrogen-bond acceptors (Lipinski definition) is 4. The summed E-state index contributed by atoms with van der Waals surface area (Å²) in [5.41, 5.74) is 2.69. The normalized spacial score (nSPS) is 17.0. The maximum atomic E-state index is 12.4. The van der Waals surface area contributed by atoms with Crippen LogP contribution in [0, 0.1) is 0 Å². The Morgan fingerprint density at radius 2 is 2.12 bits per heavy atom. The predicted molar refractivity (Wildman–Crippen MR) is 92.3 cm³/mol. The average Bonchev–Trinajstić information content (AvgIpc) is 3.13. The molecule has 1 heterocycles. The minimum absolute atomic E-state index is 0.230. The molecule has 1 N–H and O–H groups in total. The number of rotatable bonds is 4. The smallest absolute Gasteiger partial charge is 0.315 e. The topological polar surface area (TPSA) is 68.0 Å². The molecule has 0 radical (unpaired) electrons. The molecule has 1 aliphatic rings. The molecule has 1 amide bonds. The number of amides is 1. The van der Waals surface area contributed by atoms with Crippen molar-refractivity contribution in [2.45, 2.75) is 30.4 Å². The van der Waals surface area contributed by atoms with Crippen LogP contribution in [0.15, 0.2) is 22.7 Å². The number of nitrogens with zero attached hydrogens (tertiary/aromatic N) is 2. The SMILES string of the molecule is BC(B)(B)c1nc(-c2ccc3c(c2)CC[C@H]3NC(=O)C(F)F)no1. The number of aryl methyl sites for hydroxylation is 1. The van der Waals surface area contributed by atoms with Crippen molar-refractivity contribution in [3.05, 3.63) is 35.2 Å². The van der Waals surface area contributed by atoms with E-state index in [4.69, 9.17) is 4.52 Å². The Kier molecular flexibility index (Phi) is 4.23. The van der Waals surface area contributed by atoms with E-state index in [1.54, 1.807) is 0 Å². The third-order valence-corrected chi connectivity index (χ3v) is 4.06. The third kappa shape index (κ3) is 3.23. The van der Waals surface area contributed by atoms with E-state index in [-0.39, 0.29) is 11.2 Å². The quantitative estimate of drug-likeness (QED) is 0.740. The highest BCUT2D eigenvalue weighted by atomic mass is 19.3. The summed E-state index contributed by atoms with van der Waals surface area (Å²) >= 11 is 0. The summed E-state index contributed by atoms with van der Waals surface area (Å²) in [6.45, 7) is 0.